The Bertz CT molecular complexity index is 459. The number of carbonyl (C=O) groups excluding carboxylic acids is 1. The highest BCUT2D eigenvalue weighted by molar-refractivity contribution is 5.82. The van der Waals surface area contributed by atoms with Gasteiger partial charge in [-0.15, -0.1) is 0 Å². The molecule has 0 fully saturated rings. The van der Waals surface area contributed by atoms with Crippen molar-refractivity contribution in [2.75, 3.05) is 13.7 Å². The van der Waals surface area contributed by atoms with Gasteiger partial charge in [0.2, 0.25) is 0 Å². The molecule has 1 aromatic carbocycles. The number of likely N-dealkylation sites (N-methyl/N-ethyl adjacent to an activating group) is 1. The molecule has 3 nitrogen and oxygen atoms in total. The zero-order valence-electron chi connectivity index (χ0n) is 11.0. The van der Waals surface area contributed by atoms with E-state index < -0.39 is 23.2 Å². The van der Waals surface area contributed by atoms with Crippen LogP contribution in [0.3, 0.4) is 0 Å². The van der Waals surface area contributed by atoms with Gasteiger partial charge in [-0.1, -0.05) is 12.1 Å². The molecule has 1 unspecified atom stereocenters. The number of nitrogens with one attached hydrogen (secondary N) is 1. The van der Waals surface area contributed by atoms with Crippen LogP contribution >= 0.6 is 0 Å². The van der Waals surface area contributed by atoms with E-state index in [-0.39, 0.29) is 12.2 Å². The highest BCUT2D eigenvalue weighted by Gasteiger charge is 2.37. The molecule has 0 radical (unpaired) electrons. The van der Waals surface area contributed by atoms with Gasteiger partial charge in [0.1, 0.15) is 5.54 Å². The summed E-state index contributed by atoms with van der Waals surface area (Å²) in [6, 6.07) is 4.65. The second-order valence-electron chi connectivity index (χ2n) is 4.17. The van der Waals surface area contributed by atoms with E-state index in [1.165, 1.54) is 26.1 Å². The van der Waals surface area contributed by atoms with Gasteiger partial charge in [0.05, 0.1) is 12.2 Å². The zero-order valence-corrected chi connectivity index (χ0v) is 11.0. The highest BCUT2D eigenvalue weighted by Crippen LogP contribution is 2.32. The number of carbonyl (C=O) groups is 1. The maximum absolute atomic E-state index is 12.7. The Labute approximate surface area is 109 Å². The molecule has 0 saturated carbocycles. The topological polar surface area (TPSA) is 38.3 Å². The molecule has 0 amide bonds. The highest BCUT2D eigenvalue weighted by atomic mass is 19.4. The van der Waals surface area contributed by atoms with Crippen LogP contribution < -0.4 is 5.32 Å². The Hall–Kier alpha value is -1.56. The van der Waals surface area contributed by atoms with Crippen LogP contribution in [-0.4, -0.2) is 19.6 Å². The van der Waals surface area contributed by atoms with E-state index in [2.05, 4.69) is 5.32 Å². The summed E-state index contributed by atoms with van der Waals surface area (Å²) < 4.78 is 42.9. The van der Waals surface area contributed by atoms with Crippen molar-refractivity contribution >= 4 is 5.97 Å². The molecule has 6 heteroatoms. The average Bonchev–Trinajstić information content (AvgIpc) is 2.37. The van der Waals surface area contributed by atoms with Crippen molar-refractivity contribution < 1.29 is 22.7 Å². The molecule has 0 bridgehead atoms. The number of benzene rings is 1. The fourth-order valence-corrected chi connectivity index (χ4v) is 1.65. The summed E-state index contributed by atoms with van der Waals surface area (Å²) >= 11 is 0. The van der Waals surface area contributed by atoms with Crippen molar-refractivity contribution in [2.45, 2.75) is 25.6 Å². The second-order valence-corrected chi connectivity index (χ2v) is 4.17. The van der Waals surface area contributed by atoms with Gasteiger partial charge in [-0.25, -0.2) is 4.79 Å². The van der Waals surface area contributed by atoms with Crippen LogP contribution in [0.2, 0.25) is 0 Å². The summed E-state index contributed by atoms with van der Waals surface area (Å²) in [5.41, 5.74) is -1.89. The second kappa shape index (κ2) is 5.61. The molecule has 1 N–H and O–H groups in total. The van der Waals surface area contributed by atoms with E-state index >= 15 is 0 Å². The molecular weight excluding hydrogens is 259 g/mol. The van der Waals surface area contributed by atoms with Gasteiger partial charge in [0.25, 0.3) is 0 Å². The van der Waals surface area contributed by atoms with Crippen molar-refractivity contribution in [1.29, 1.82) is 0 Å². The summed E-state index contributed by atoms with van der Waals surface area (Å²) in [6.45, 7) is 3.29. The molecule has 0 aromatic heterocycles. The molecule has 0 aliphatic carbocycles. The number of halogens is 3. The molecule has 1 rings (SSSR count). The van der Waals surface area contributed by atoms with E-state index in [0.717, 1.165) is 12.1 Å². The predicted molar refractivity (Wildman–Crippen MR) is 64.5 cm³/mol. The Morgan fingerprint density at radius 2 is 1.89 bits per heavy atom. The number of hydrogen-bond acceptors (Lipinski definition) is 3. The molecular formula is C13H16F3NO2. The Morgan fingerprint density at radius 3 is 2.37 bits per heavy atom. The third-order valence-electron chi connectivity index (χ3n) is 2.95. The minimum absolute atomic E-state index is 0.162. The molecule has 19 heavy (non-hydrogen) atoms. The van der Waals surface area contributed by atoms with Crippen LogP contribution in [0.15, 0.2) is 24.3 Å². The van der Waals surface area contributed by atoms with Crippen molar-refractivity contribution in [2.24, 2.45) is 0 Å². The van der Waals surface area contributed by atoms with E-state index in [1.807, 2.05) is 0 Å². The van der Waals surface area contributed by atoms with E-state index in [4.69, 9.17) is 4.74 Å². The van der Waals surface area contributed by atoms with Crippen LogP contribution in [0, 0.1) is 0 Å². The number of hydrogen-bond donors (Lipinski definition) is 1. The third kappa shape index (κ3) is 3.26. The first kappa shape index (κ1) is 15.5. The lowest BCUT2D eigenvalue weighted by molar-refractivity contribution is -0.151. The average molecular weight is 275 g/mol. The van der Waals surface area contributed by atoms with Crippen LogP contribution in [0.25, 0.3) is 0 Å². The summed E-state index contributed by atoms with van der Waals surface area (Å²) in [7, 11) is 1.50. The number of ether oxygens (including phenoxy) is 1. The molecule has 106 valence electrons. The van der Waals surface area contributed by atoms with Crippen molar-refractivity contribution in [1.82, 2.24) is 5.32 Å². The summed E-state index contributed by atoms with van der Waals surface area (Å²) in [6.07, 6.45) is -4.45. The summed E-state index contributed by atoms with van der Waals surface area (Å²) in [5.74, 6) is -0.614. The van der Waals surface area contributed by atoms with Crippen LogP contribution in [0.5, 0.6) is 0 Å². The zero-order chi connectivity index (χ0) is 14.7. The monoisotopic (exact) mass is 275 g/mol. The molecule has 0 spiro atoms. The SMILES string of the molecule is CCOC(=O)C(C)(NC)c1cccc(C(F)(F)F)c1. The minimum atomic E-state index is -4.45. The van der Waals surface area contributed by atoms with Gasteiger partial charge in [0.15, 0.2) is 0 Å². The van der Waals surface area contributed by atoms with E-state index in [9.17, 15) is 18.0 Å². The standard InChI is InChI=1S/C13H16F3NO2/c1-4-19-11(18)12(2,17-3)9-6-5-7-10(8-9)13(14,15)16/h5-8,17H,4H2,1-3H3. The third-order valence-corrected chi connectivity index (χ3v) is 2.95. The smallest absolute Gasteiger partial charge is 0.416 e. The van der Waals surface area contributed by atoms with Gasteiger partial charge in [-0.3, -0.25) is 0 Å². The van der Waals surface area contributed by atoms with Crippen molar-refractivity contribution in [3.05, 3.63) is 35.4 Å². The van der Waals surface area contributed by atoms with Gasteiger partial charge in [-0.2, -0.15) is 13.2 Å². The first-order chi connectivity index (χ1) is 8.75. The summed E-state index contributed by atoms with van der Waals surface area (Å²) in [4.78, 5) is 11.9. The molecule has 0 aliphatic rings. The molecule has 0 saturated heterocycles. The number of esters is 1. The lowest BCUT2D eigenvalue weighted by atomic mass is 9.91. The maximum Gasteiger partial charge on any atom is 0.416 e. The fraction of sp³-hybridized carbons (Fsp3) is 0.462. The molecule has 1 atom stereocenters. The van der Waals surface area contributed by atoms with Gasteiger partial charge in [-0.05, 0) is 38.6 Å². The molecule has 0 aliphatic heterocycles. The Morgan fingerprint density at radius 1 is 1.32 bits per heavy atom. The van der Waals surface area contributed by atoms with Gasteiger partial charge < -0.3 is 10.1 Å². The molecule has 1 aromatic rings. The normalized spacial score (nSPS) is 14.8. The first-order valence-corrected chi connectivity index (χ1v) is 5.79. The van der Waals surface area contributed by atoms with Gasteiger partial charge >= 0.3 is 12.1 Å². The lowest BCUT2D eigenvalue weighted by Gasteiger charge is -2.27. The van der Waals surface area contributed by atoms with Crippen LogP contribution in [-0.2, 0) is 21.2 Å². The van der Waals surface area contributed by atoms with Crippen LogP contribution in [0.4, 0.5) is 13.2 Å². The van der Waals surface area contributed by atoms with Crippen LogP contribution in [0.1, 0.15) is 25.0 Å². The summed E-state index contributed by atoms with van der Waals surface area (Å²) in [5, 5.41) is 2.72. The fourth-order valence-electron chi connectivity index (χ4n) is 1.65. The Kier molecular flexibility index (Phi) is 4.57. The Balaban J connectivity index is 3.22. The van der Waals surface area contributed by atoms with Gasteiger partial charge in [0, 0.05) is 0 Å². The minimum Gasteiger partial charge on any atom is -0.464 e. The first-order valence-electron chi connectivity index (χ1n) is 5.79. The van der Waals surface area contributed by atoms with E-state index in [1.54, 1.807) is 6.92 Å². The number of rotatable bonds is 4. The van der Waals surface area contributed by atoms with Crippen molar-refractivity contribution in [3.8, 4) is 0 Å². The van der Waals surface area contributed by atoms with Crippen molar-refractivity contribution in [3.63, 3.8) is 0 Å². The largest absolute Gasteiger partial charge is 0.464 e. The maximum atomic E-state index is 12.7. The molecule has 0 heterocycles. The van der Waals surface area contributed by atoms with E-state index in [0.29, 0.717) is 0 Å². The predicted octanol–water partition coefficient (Wildman–Crippen LogP) is 2.70. The quantitative estimate of drug-likeness (QED) is 0.859. The number of alkyl halides is 3. The lowest BCUT2D eigenvalue weighted by Crippen LogP contribution is -2.45.